The number of fused-ring (bicyclic) bond motifs is 1. The first kappa shape index (κ1) is 17.5. The van der Waals surface area contributed by atoms with Gasteiger partial charge < -0.3 is 25.4 Å². The first-order chi connectivity index (χ1) is 12.0. The first-order valence-electron chi connectivity index (χ1n) is 8.69. The van der Waals surface area contributed by atoms with Crippen molar-refractivity contribution in [3.8, 4) is 5.75 Å². The molecule has 0 aliphatic carbocycles. The second-order valence-electron chi connectivity index (χ2n) is 6.65. The second kappa shape index (κ2) is 7.74. The number of para-hydroxylation sites is 1. The predicted octanol–water partition coefficient (Wildman–Crippen LogP) is 1.05. The molecule has 25 heavy (non-hydrogen) atoms. The highest BCUT2D eigenvalue weighted by Crippen LogP contribution is 2.31. The smallest absolute Gasteiger partial charge is 0.251 e. The number of nitrogens with two attached hydrogens (primary N) is 1. The monoisotopic (exact) mass is 346 g/mol. The number of benzene rings is 1. The van der Waals surface area contributed by atoms with E-state index in [-0.39, 0.29) is 24.2 Å². The summed E-state index contributed by atoms with van der Waals surface area (Å²) < 4.78 is 11.4. The van der Waals surface area contributed by atoms with E-state index in [9.17, 15) is 4.79 Å². The largest absolute Gasteiger partial charge is 0.493 e. The number of hydrogen-bond donors (Lipinski definition) is 2. The molecule has 0 spiro atoms. The number of carbonyl (C=O) groups is 1. The maximum absolute atomic E-state index is 11.9. The highest BCUT2D eigenvalue weighted by Gasteiger charge is 2.31. The summed E-state index contributed by atoms with van der Waals surface area (Å²) in [6.45, 7) is 1.11. The van der Waals surface area contributed by atoms with Crippen LogP contribution in [-0.2, 0) is 9.53 Å². The lowest BCUT2D eigenvalue weighted by Crippen LogP contribution is -2.38. The zero-order chi connectivity index (χ0) is 17.8. The van der Waals surface area contributed by atoms with Gasteiger partial charge in [0.15, 0.2) is 5.96 Å². The van der Waals surface area contributed by atoms with Gasteiger partial charge in [0, 0.05) is 26.1 Å². The van der Waals surface area contributed by atoms with E-state index in [2.05, 4.69) is 10.3 Å². The third kappa shape index (κ3) is 4.22. The molecule has 1 fully saturated rings. The minimum absolute atomic E-state index is 0.0105. The molecule has 3 atom stereocenters. The number of aliphatic imine (C=N–C) groups is 1. The van der Waals surface area contributed by atoms with E-state index >= 15 is 0 Å². The van der Waals surface area contributed by atoms with Gasteiger partial charge in [-0.2, -0.15) is 0 Å². The van der Waals surface area contributed by atoms with Crippen LogP contribution in [0, 0.1) is 0 Å². The summed E-state index contributed by atoms with van der Waals surface area (Å²) in [5.74, 6) is 1.30. The molecule has 0 radical (unpaired) electrons. The van der Waals surface area contributed by atoms with Crippen LogP contribution in [0.4, 0.5) is 0 Å². The van der Waals surface area contributed by atoms with Crippen molar-refractivity contribution in [2.24, 2.45) is 10.7 Å². The molecule has 0 aromatic heterocycles. The summed E-state index contributed by atoms with van der Waals surface area (Å²) >= 11 is 0. The first-order valence-corrected chi connectivity index (χ1v) is 8.69. The number of nitrogens with one attached hydrogen (secondary N) is 1. The standard InChI is InChI=1S/C18H26N4O3/c1-22(2)17(23)16-8-7-12(25-16)11-20-18(19)21-14-9-10-24-15-6-4-3-5-13(14)15/h3-6,12,14,16H,7-11H2,1-2H3,(H3,19,20,21). The number of rotatable bonds is 4. The molecule has 2 aliphatic heterocycles. The van der Waals surface area contributed by atoms with Gasteiger partial charge in [0.2, 0.25) is 0 Å². The van der Waals surface area contributed by atoms with Crippen molar-refractivity contribution >= 4 is 11.9 Å². The van der Waals surface area contributed by atoms with Gasteiger partial charge >= 0.3 is 0 Å². The van der Waals surface area contributed by atoms with E-state index in [1.54, 1.807) is 19.0 Å². The summed E-state index contributed by atoms with van der Waals surface area (Å²) in [6, 6.07) is 8.05. The summed E-state index contributed by atoms with van der Waals surface area (Å²) in [4.78, 5) is 17.9. The summed E-state index contributed by atoms with van der Waals surface area (Å²) in [5, 5.41) is 3.27. The lowest BCUT2D eigenvalue weighted by Gasteiger charge is -2.27. The molecule has 0 saturated carbocycles. The average molecular weight is 346 g/mol. The number of nitrogens with zero attached hydrogens (tertiary/aromatic N) is 2. The number of carbonyl (C=O) groups excluding carboxylic acids is 1. The number of guanidine groups is 1. The molecular formula is C18H26N4O3. The molecule has 2 aliphatic rings. The zero-order valence-corrected chi connectivity index (χ0v) is 14.8. The van der Waals surface area contributed by atoms with Gasteiger partial charge in [0.05, 0.1) is 25.3 Å². The van der Waals surface area contributed by atoms with Crippen molar-refractivity contribution in [1.29, 1.82) is 0 Å². The summed E-state index contributed by atoms with van der Waals surface area (Å²) in [5.41, 5.74) is 7.15. The molecular weight excluding hydrogens is 320 g/mol. The van der Waals surface area contributed by atoms with Crippen molar-refractivity contribution in [3.63, 3.8) is 0 Å². The van der Waals surface area contributed by atoms with Gasteiger partial charge in [-0.1, -0.05) is 18.2 Å². The minimum Gasteiger partial charge on any atom is -0.493 e. The quantitative estimate of drug-likeness (QED) is 0.628. The summed E-state index contributed by atoms with van der Waals surface area (Å²) in [6.07, 6.45) is 1.98. The van der Waals surface area contributed by atoms with Crippen LogP contribution in [0.25, 0.3) is 0 Å². The van der Waals surface area contributed by atoms with E-state index in [1.807, 2.05) is 24.3 Å². The van der Waals surface area contributed by atoms with Crippen molar-refractivity contribution in [1.82, 2.24) is 10.2 Å². The fourth-order valence-electron chi connectivity index (χ4n) is 3.23. The van der Waals surface area contributed by atoms with Crippen molar-refractivity contribution < 1.29 is 14.3 Å². The van der Waals surface area contributed by atoms with Gasteiger partial charge in [-0.25, -0.2) is 0 Å². The average Bonchev–Trinajstić information content (AvgIpc) is 3.08. The Hall–Kier alpha value is -2.28. The van der Waals surface area contributed by atoms with Crippen molar-refractivity contribution in [2.75, 3.05) is 27.2 Å². The van der Waals surface area contributed by atoms with Crippen LogP contribution >= 0.6 is 0 Å². The van der Waals surface area contributed by atoms with Gasteiger partial charge in [-0.3, -0.25) is 9.79 Å². The zero-order valence-electron chi connectivity index (χ0n) is 14.8. The number of likely N-dealkylation sites (N-methyl/N-ethyl adjacent to an activating group) is 1. The lowest BCUT2D eigenvalue weighted by molar-refractivity contribution is -0.140. The molecule has 1 saturated heterocycles. The SMILES string of the molecule is CN(C)C(=O)C1CCC(CN=C(N)NC2CCOc3ccccc32)O1. The highest BCUT2D eigenvalue weighted by molar-refractivity contribution is 5.80. The van der Waals surface area contributed by atoms with Crippen molar-refractivity contribution in [3.05, 3.63) is 29.8 Å². The van der Waals surface area contributed by atoms with Crippen LogP contribution < -0.4 is 15.8 Å². The van der Waals surface area contributed by atoms with Crippen LogP contribution in [0.2, 0.25) is 0 Å². The Morgan fingerprint density at radius 3 is 2.92 bits per heavy atom. The molecule has 1 aromatic carbocycles. The Morgan fingerprint density at radius 2 is 2.12 bits per heavy atom. The maximum Gasteiger partial charge on any atom is 0.251 e. The normalized spacial score (nSPS) is 25.8. The molecule has 0 bridgehead atoms. The molecule has 3 unspecified atom stereocenters. The number of hydrogen-bond acceptors (Lipinski definition) is 4. The van der Waals surface area contributed by atoms with E-state index in [4.69, 9.17) is 15.2 Å². The van der Waals surface area contributed by atoms with Crippen LogP contribution in [0.1, 0.15) is 30.9 Å². The Kier molecular flexibility index (Phi) is 5.43. The molecule has 7 heteroatoms. The molecule has 3 rings (SSSR count). The molecule has 2 heterocycles. The lowest BCUT2D eigenvalue weighted by atomic mass is 10.0. The third-order valence-corrected chi connectivity index (χ3v) is 4.57. The summed E-state index contributed by atoms with van der Waals surface area (Å²) in [7, 11) is 3.48. The number of ether oxygens (including phenoxy) is 2. The van der Waals surface area contributed by atoms with E-state index in [1.165, 1.54) is 0 Å². The molecule has 1 amide bonds. The van der Waals surface area contributed by atoms with Crippen LogP contribution in [0.15, 0.2) is 29.3 Å². The molecule has 3 N–H and O–H groups in total. The van der Waals surface area contributed by atoms with Gasteiger partial charge in [0.25, 0.3) is 5.91 Å². The topological polar surface area (TPSA) is 89.2 Å². The van der Waals surface area contributed by atoms with Crippen LogP contribution in [0.3, 0.4) is 0 Å². The van der Waals surface area contributed by atoms with E-state index in [0.29, 0.717) is 19.1 Å². The minimum atomic E-state index is -0.355. The van der Waals surface area contributed by atoms with E-state index < -0.39 is 0 Å². The van der Waals surface area contributed by atoms with Crippen LogP contribution in [0.5, 0.6) is 5.75 Å². The number of amides is 1. The molecule has 7 nitrogen and oxygen atoms in total. The Balaban J connectivity index is 1.53. The van der Waals surface area contributed by atoms with E-state index in [0.717, 1.165) is 30.6 Å². The Morgan fingerprint density at radius 1 is 1.32 bits per heavy atom. The van der Waals surface area contributed by atoms with Gasteiger partial charge in [0.1, 0.15) is 11.9 Å². The Labute approximate surface area is 148 Å². The highest BCUT2D eigenvalue weighted by atomic mass is 16.5. The third-order valence-electron chi connectivity index (χ3n) is 4.57. The fourth-order valence-corrected chi connectivity index (χ4v) is 3.23. The van der Waals surface area contributed by atoms with Gasteiger partial charge in [-0.15, -0.1) is 0 Å². The Bertz CT molecular complexity index is 647. The fraction of sp³-hybridized carbons (Fsp3) is 0.556. The maximum atomic E-state index is 11.9. The van der Waals surface area contributed by atoms with Crippen molar-refractivity contribution in [2.45, 2.75) is 37.5 Å². The molecule has 1 aromatic rings. The predicted molar refractivity (Wildman–Crippen MR) is 95.5 cm³/mol. The molecule has 136 valence electrons. The second-order valence-corrected chi connectivity index (χ2v) is 6.65. The van der Waals surface area contributed by atoms with Crippen LogP contribution in [-0.4, -0.2) is 56.2 Å². The van der Waals surface area contributed by atoms with Gasteiger partial charge in [-0.05, 0) is 18.9 Å².